The Hall–Kier alpha value is -1.32. The lowest BCUT2D eigenvalue weighted by Gasteiger charge is -2.14. The van der Waals surface area contributed by atoms with Crippen molar-refractivity contribution in [2.75, 3.05) is 32.9 Å². The molecule has 1 aliphatic heterocycles. The first kappa shape index (κ1) is 15.1. The molecule has 0 atom stereocenters. The van der Waals surface area contributed by atoms with Crippen LogP contribution in [-0.2, 0) is 4.74 Å². The molecule has 2 rings (SSSR count). The summed E-state index contributed by atoms with van der Waals surface area (Å²) in [5.41, 5.74) is 2.69. The van der Waals surface area contributed by atoms with Gasteiger partial charge in [-0.25, -0.2) is 0 Å². The molecule has 1 aromatic carbocycles. The molecule has 1 heterocycles. The zero-order chi connectivity index (χ0) is 14.2. The highest BCUT2D eigenvalue weighted by Crippen LogP contribution is 2.18. The van der Waals surface area contributed by atoms with Gasteiger partial charge in [0, 0.05) is 13.1 Å². The van der Waals surface area contributed by atoms with Crippen LogP contribution in [0.4, 0.5) is 0 Å². The van der Waals surface area contributed by atoms with Crippen molar-refractivity contribution in [1.29, 1.82) is 0 Å². The molecule has 3 nitrogen and oxygen atoms in total. The molecule has 1 aromatic rings. The number of ether oxygens (including phenoxy) is 2. The fourth-order valence-corrected chi connectivity index (χ4v) is 2.17. The maximum absolute atomic E-state index is 5.72. The van der Waals surface area contributed by atoms with Gasteiger partial charge in [0.25, 0.3) is 0 Å². The first-order chi connectivity index (χ1) is 9.75. The maximum atomic E-state index is 5.72. The Morgan fingerprint density at radius 1 is 1.25 bits per heavy atom. The third-order valence-corrected chi connectivity index (χ3v) is 3.43. The number of hydrogen-bond acceptors (Lipinski definition) is 3. The quantitative estimate of drug-likeness (QED) is 0.612. The van der Waals surface area contributed by atoms with Crippen LogP contribution in [0.25, 0.3) is 0 Å². The van der Waals surface area contributed by atoms with Crippen molar-refractivity contribution in [3.63, 3.8) is 0 Å². The standard InChI is InChI=1S/C17H25NO2/c1-14(2)16-5-7-17(8-6-16)20-11-9-18-12-15-4-3-10-19-13-15/h4-8,14,18H,3,9-13H2,1-2H3. The average Bonchev–Trinajstić information content (AvgIpc) is 2.48. The van der Waals surface area contributed by atoms with Crippen molar-refractivity contribution < 1.29 is 9.47 Å². The fourth-order valence-electron chi connectivity index (χ4n) is 2.17. The van der Waals surface area contributed by atoms with Gasteiger partial charge in [-0.1, -0.05) is 32.1 Å². The van der Waals surface area contributed by atoms with Crippen LogP contribution in [0.2, 0.25) is 0 Å². The molecule has 0 bridgehead atoms. The molecule has 0 spiro atoms. The summed E-state index contributed by atoms with van der Waals surface area (Å²) in [6.45, 7) is 8.46. The predicted octanol–water partition coefficient (Wildman–Crippen LogP) is 3.13. The molecule has 0 aliphatic carbocycles. The minimum Gasteiger partial charge on any atom is -0.492 e. The van der Waals surface area contributed by atoms with Crippen LogP contribution in [0.1, 0.15) is 31.7 Å². The number of benzene rings is 1. The van der Waals surface area contributed by atoms with Gasteiger partial charge in [-0.3, -0.25) is 0 Å². The minimum absolute atomic E-state index is 0.566. The Labute approximate surface area is 122 Å². The van der Waals surface area contributed by atoms with Gasteiger partial charge < -0.3 is 14.8 Å². The Morgan fingerprint density at radius 2 is 2.05 bits per heavy atom. The third kappa shape index (κ3) is 4.99. The van der Waals surface area contributed by atoms with Gasteiger partial charge in [0.15, 0.2) is 0 Å². The van der Waals surface area contributed by atoms with E-state index < -0.39 is 0 Å². The van der Waals surface area contributed by atoms with E-state index in [1.165, 1.54) is 11.1 Å². The van der Waals surface area contributed by atoms with Crippen LogP contribution in [0, 0.1) is 0 Å². The molecule has 110 valence electrons. The Kier molecular flexibility index (Phi) is 6.09. The summed E-state index contributed by atoms with van der Waals surface area (Å²) in [6.07, 6.45) is 3.30. The summed E-state index contributed by atoms with van der Waals surface area (Å²) < 4.78 is 11.1. The normalized spacial score (nSPS) is 15.2. The smallest absolute Gasteiger partial charge is 0.119 e. The van der Waals surface area contributed by atoms with Crippen molar-refractivity contribution in [3.05, 3.63) is 41.5 Å². The Balaban J connectivity index is 1.62. The second kappa shape index (κ2) is 8.08. The first-order valence-electron chi connectivity index (χ1n) is 7.45. The van der Waals surface area contributed by atoms with Crippen molar-refractivity contribution in [2.45, 2.75) is 26.2 Å². The summed E-state index contributed by atoms with van der Waals surface area (Å²) >= 11 is 0. The second-order valence-corrected chi connectivity index (χ2v) is 5.45. The molecule has 0 saturated carbocycles. The lowest BCUT2D eigenvalue weighted by atomic mass is 10.0. The van der Waals surface area contributed by atoms with E-state index in [0.717, 1.165) is 38.5 Å². The van der Waals surface area contributed by atoms with E-state index in [-0.39, 0.29) is 0 Å². The fraction of sp³-hybridized carbons (Fsp3) is 0.529. The lowest BCUT2D eigenvalue weighted by Crippen LogP contribution is -2.25. The SMILES string of the molecule is CC(C)c1ccc(OCCNCC2=CCCOC2)cc1. The molecule has 0 saturated heterocycles. The zero-order valence-corrected chi connectivity index (χ0v) is 12.5. The third-order valence-electron chi connectivity index (χ3n) is 3.43. The van der Waals surface area contributed by atoms with Crippen LogP contribution in [0.5, 0.6) is 5.75 Å². The van der Waals surface area contributed by atoms with Gasteiger partial charge in [0.05, 0.1) is 13.2 Å². The minimum atomic E-state index is 0.566. The molecular formula is C17H25NO2. The van der Waals surface area contributed by atoms with Gasteiger partial charge in [-0.2, -0.15) is 0 Å². The molecule has 0 unspecified atom stereocenters. The van der Waals surface area contributed by atoms with E-state index in [1.54, 1.807) is 0 Å². The van der Waals surface area contributed by atoms with Crippen LogP contribution < -0.4 is 10.1 Å². The maximum Gasteiger partial charge on any atom is 0.119 e. The zero-order valence-electron chi connectivity index (χ0n) is 12.5. The number of hydrogen-bond donors (Lipinski definition) is 1. The number of nitrogens with one attached hydrogen (secondary N) is 1. The van der Waals surface area contributed by atoms with E-state index >= 15 is 0 Å². The molecule has 0 radical (unpaired) electrons. The molecule has 0 amide bonds. The summed E-state index contributed by atoms with van der Waals surface area (Å²) in [5, 5.41) is 3.38. The van der Waals surface area contributed by atoms with Gasteiger partial charge in [-0.05, 0) is 35.6 Å². The van der Waals surface area contributed by atoms with Crippen molar-refractivity contribution >= 4 is 0 Å². The van der Waals surface area contributed by atoms with Crippen molar-refractivity contribution in [1.82, 2.24) is 5.32 Å². The largest absolute Gasteiger partial charge is 0.492 e. The summed E-state index contributed by atoms with van der Waals surface area (Å²) in [6, 6.07) is 8.37. The highest BCUT2D eigenvalue weighted by molar-refractivity contribution is 5.28. The van der Waals surface area contributed by atoms with Crippen LogP contribution in [0.15, 0.2) is 35.9 Å². The van der Waals surface area contributed by atoms with Gasteiger partial charge in [0.1, 0.15) is 12.4 Å². The summed E-state index contributed by atoms with van der Waals surface area (Å²) in [7, 11) is 0. The molecule has 0 fully saturated rings. The van der Waals surface area contributed by atoms with E-state index in [1.807, 2.05) is 12.1 Å². The van der Waals surface area contributed by atoms with Gasteiger partial charge >= 0.3 is 0 Å². The second-order valence-electron chi connectivity index (χ2n) is 5.45. The van der Waals surface area contributed by atoms with E-state index in [0.29, 0.717) is 12.5 Å². The monoisotopic (exact) mass is 275 g/mol. The molecule has 1 N–H and O–H groups in total. The molecule has 1 aliphatic rings. The lowest BCUT2D eigenvalue weighted by molar-refractivity contribution is 0.148. The highest BCUT2D eigenvalue weighted by atomic mass is 16.5. The van der Waals surface area contributed by atoms with Gasteiger partial charge in [0.2, 0.25) is 0 Å². The summed E-state index contributed by atoms with van der Waals surface area (Å²) in [4.78, 5) is 0. The highest BCUT2D eigenvalue weighted by Gasteiger charge is 2.03. The first-order valence-corrected chi connectivity index (χ1v) is 7.45. The summed E-state index contributed by atoms with van der Waals surface area (Å²) in [5.74, 6) is 1.51. The van der Waals surface area contributed by atoms with Crippen LogP contribution >= 0.6 is 0 Å². The number of rotatable bonds is 7. The van der Waals surface area contributed by atoms with Gasteiger partial charge in [-0.15, -0.1) is 0 Å². The van der Waals surface area contributed by atoms with Crippen molar-refractivity contribution in [2.24, 2.45) is 0 Å². The van der Waals surface area contributed by atoms with Crippen LogP contribution in [0.3, 0.4) is 0 Å². The van der Waals surface area contributed by atoms with Crippen molar-refractivity contribution in [3.8, 4) is 5.75 Å². The van der Waals surface area contributed by atoms with E-state index in [2.05, 4.69) is 37.4 Å². The predicted molar refractivity (Wildman–Crippen MR) is 82.4 cm³/mol. The molecule has 0 aromatic heterocycles. The Morgan fingerprint density at radius 3 is 2.70 bits per heavy atom. The molecule has 3 heteroatoms. The average molecular weight is 275 g/mol. The topological polar surface area (TPSA) is 30.5 Å². The Bertz CT molecular complexity index is 423. The van der Waals surface area contributed by atoms with E-state index in [4.69, 9.17) is 9.47 Å². The molecular weight excluding hydrogens is 250 g/mol. The van der Waals surface area contributed by atoms with E-state index in [9.17, 15) is 0 Å². The molecule has 20 heavy (non-hydrogen) atoms. The van der Waals surface area contributed by atoms with Crippen LogP contribution in [-0.4, -0.2) is 32.9 Å².